The van der Waals surface area contributed by atoms with Crippen molar-refractivity contribution in [3.8, 4) is 5.75 Å². The Morgan fingerprint density at radius 1 is 1.24 bits per heavy atom. The van der Waals surface area contributed by atoms with Crippen LogP contribution in [0, 0.1) is 13.8 Å². The van der Waals surface area contributed by atoms with E-state index in [0.29, 0.717) is 29.0 Å². The number of anilines is 2. The van der Waals surface area contributed by atoms with Gasteiger partial charge in [0.15, 0.2) is 0 Å². The molecule has 110 valence electrons. The number of aromatic hydroxyl groups is 1. The van der Waals surface area contributed by atoms with Crippen LogP contribution in [0.5, 0.6) is 5.75 Å². The number of hydrogen-bond acceptors (Lipinski definition) is 4. The van der Waals surface area contributed by atoms with Gasteiger partial charge in [0.1, 0.15) is 5.75 Å². The van der Waals surface area contributed by atoms with E-state index in [0.717, 1.165) is 5.69 Å². The molecule has 2 aromatic rings. The first-order valence-corrected chi connectivity index (χ1v) is 6.87. The molecule has 0 bridgehead atoms. The molecule has 0 unspecified atom stereocenters. The van der Waals surface area contributed by atoms with E-state index in [1.807, 2.05) is 30.3 Å². The van der Waals surface area contributed by atoms with Gasteiger partial charge in [-0.25, -0.2) is 4.79 Å². The predicted molar refractivity (Wildman–Crippen MR) is 83.3 cm³/mol. The summed E-state index contributed by atoms with van der Waals surface area (Å²) in [4.78, 5) is 12.1. The van der Waals surface area contributed by atoms with Crippen LogP contribution in [0.1, 0.15) is 28.4 Å². The van der Waals surface area contributed by atoms with Crippen molar-refractivity contribution in [1.82, 2.24) is 0 Å². The van der Waals surface area contributed by atoms with Gasteiger partial charge < -0.3 is 15.2 Å². The number of carbonyl (C=O) groups excluding carboxylic acids is 1. The van der Waals surface area contributed by atoms with Crippen molar-refractivity contribution >= 4 is 17.3 Å². The Bertz CT molecular complexity index is 651. The monoisotopic (exact) mass is 285 g/mol. The summed E-state index contributed by atoms with van der Waals surface area (Å²) >= 11 is 0. The molecule has 0 fully saturated rings. The molecule has 0 aliphatic rings. The lowest BCUT2D eigenvalue weighted by Gasteiger charge is -2.16. The lowest BCUT2D eigenvalue weighted by atomic mass is 10.00. The molecular weight excluding hydrogens is 266 g/mol. The van der Waals surface area contributed by atoms with Crippen LogP contribution in [0.2, 0.25) is 0 Å². The molecule has 4 heteroatoms. The van der Waals surface area contributed by atoms with Gasteiger partial charge in [-0.1, -0.05) is 18.2 Å². The lowest BCUT2D eigenvalue weighted by molar-refractivity contribution is 0.0524. The Kier molecular flexibility index (Phi) is 4.48. The average molecular weight is 285 g/mol. The maximum absolute atomic E-state index is 12.1. The summed E-state index contributed by atoms with van der Waals surface area (Å²) < 4.78 is 5.09. The van der Waals surface area contributed by atoms with E-state index >= 15 is 0 Å². The number of carbonyl (C=O) groups is 1. The first-order valence-electron chi connectivity index (χ1n) is 6.87. The zero-order valence-corrected chi connectivity index (χ0v) is 12.4. The number of hydrogen-bond donors (Lipinski definition) is 2. The Balaban J connectivity index is 2.46. The molecule has 0 saturated carbocycles. The van der Waals surface area contributed by atoms with Crippen LogP contribution >= 0.6 is 0 Å². The highest BCUT2D eigenvalue weighted by Gasteiger charge is 2.19. The third-order valence-electron chi connectivity index (χ3n) is 3.28. The van der Waals surface area contributed by atoms with Gasteiger partial charge in [0.05, 0.1) is 17.9 Å². The summed E-state index contributed by atoms with van der Waals surface area (Å²) in [6.07, 6.45) is 0. The van der Waals surface area contributed by atoms with Gasteiger partial charge in [0.2, 0.25) is 0 Å². The van der Waals surface area contributed by atoms with E-state index in [9.17, 15) is 9.90 Å². The molecule has 0 aliphatic carbocycles. The van der Waals surface area contributed by atoms with Crippen LogP contribution in [0.3, 0.4) is 0 Å². The minimum Gasteiger partial charge on any atom is -0.506 e. The van der Waals surface area contributed by atoms with Crippen molar-refractivity contribution in [2.45, 2.75) is 20.8 Å². The molecule has 0 radical (unpaired) electrons. The Morgan fingerprint density at radius 2 is 1.90 bits per heavy atom. The van der Waals surface area contributed by atoms with Crippen LogP contribution in [0.15, 0.2) is 36.4 Å². The summed E-state index contributed by atoms with van der Waals surface area (Å²) in [5.74, 6) is -0.259. The second-order valence-electron chi connectivity index (χ2n) is 4.80. The average Bonchev–Trinajstić information content (AvgIpc) is 2.44. The van der Waals surface area contributed by atoms with Crippen molar-refractivity contribution < 1.29 is 14.6 Å². The zero-order chi connectivity index (χ0) is 15.4. The van der Waals surface area contributed by atoms with Gasteiger partial charge >= 0.3 is 5.97 Å². The fourth-order valence-electron chi connectivity index (χ4n) is 2.30. The van der Waals surface area contributed by atoms with Crippen molar-refractivity contribution in [2.75, 3.05) is 11.9 Å². The normalized spacial score (nSPS) is 10.2. The molecule has 0 amide bonds. The summed E-state index contributed by atoms with van der Waals surface area (Å²) in [5.41, 5.74) is 3.23. The second-order valence-corrected chi connectivity index (χ2v) is 4.80. The lowest BCUT2D eigenvalue weighted by Crippen LogP contribution is -2.10. The molecular formula is C17H19NO3. The second kappa shape index (κ2) is 6.31. The minimum absolute atomic E-state index is 0.113. The van der Waals surface area contributed by atoms with Crippen LogP contribution < -0.4 is 5.32 Å². The van der Waals surface area contributed by atoms with Gasteiger partial charge in [0, 0.05) is 5.69 Å². The van der Waals surface area contributed by atoms with Gasteiger partial charge in [-0.05, 0) is 50.1 Å². The summed E-state index contributed by atoms with van der Waals surface area (Å²) in [5, 5.41) is 13.3. The molecule has 0 spiro atoms. The number of nitrogens with one attached hydrogen (secondary N) is 1. The highest BCUT2D eigenvalue weighted by molar-refractivity contribution is 5.95. The number of rotatable bonds is 4. The molecule has 0 aliphatic heterocycles. The standard InChI is InChI=1S/C17H19NO3/c1-4-21-17(20)15-11(2)10-14(19)16(12(15)3)18-13-8-6-5-7-9-13/h5-10,18-19H,4H2,1-3H3. The summed E-state index contributed by atoms with van der Waals surface area (Å²) in [6.45, 7) is 5.67. The Hall–Kier alpha value is -2.49. The molecule has 4 nitrogen and oxygen atoms in total. The van der Waals surface area contributed by atoms with Gasteiger partial charge in [-0.15, -0.1) is 0 Å². The first kappa shape index (κ1) is 14.9. The topological polar surface area (TPSA) is 58.6 Å². The highest BCUT2D eigenvalue weighted by Crippen LogP contribution is 2.34. The number of phenolic OH excluding ortho intramolecular Hbond substituents is 1. The van der Waals surface area contributed by atoms with Crippen LogP contribution in [0.25, 0.3) is 0 Å². The molecule has 0 aromatic heterocycles. The molecule has 21 heavy (non-hydrogen) atoms. The van der Waals surface area contributed by atoms with Crippen LogP contribution in [0.4, 0.5) is 11.4 Å². The maximum Gasteiger partial charge on any atom is 0.338 e. The van der Waals surface area contributed by atoms with Crippen molar-refractivity contribution in [3.05, 3.63) is 53.1 Å². The van der Waals surface area contributed by atoms with E-state index in [4.69, 9.17) is 4.74 Å². The largest absolute Gasteiger partial charge is 0.506 e. The Morgan fingerprint density at radius 3 is 2.52 bits per heavy atom. The maximum atomic E-state index is 12.1. The van der Waals surface area contributed by atoms with E-state index in [1.165, 1.54) is 0 Å². The fraction of sp³-hybridized carbons (Fsp3) is 0.235. The Labute approximate surface area is 124 Å². The molecule has 0 saturated heterocycles. The van der Waals surface area contributed by atoms with Crippen LogP contribution in [-0.4, -0.2) is 17.7 Å². The van der Waals surface area contributed by atoms with Crippen molar-refractivity contribution in [2.24, 2.45) is 0 Å². The zero-order valence-electron chi connectivity index (χ0n) is 12.4. The number of aryl methyl sites for hydroxylation is 1. The molecule has 0 atom stereocenters. The van der Waals surface area contributed by atoms with Crippen LogP contribution in [-0.2, 0) is 4.74 Å². The van der Waals surface area contributed by atoms with Crippen molar-refractivity contribution in [3.63, 3.8) is 0 Å². The van der Waals surface area contributed by atoms with Gasteiger partial charge in [-0.3, -0.25) is 0 Å². The highest BCUT2D eigenvalue weighted by atomic mass is 16.5. The molecule has 0 heterocycles. The number of phenols is 1. The van der Waals surface area contributed by atoms with Crippen molar-refractivity contribution in [1.29, 1.82) is 0 Å². The summed E-state index contributed by atoms with van der Waals surface area (Å²) in [7, 11) is 0. The molecule has 2 N–H and O–H groups in total. The fourth-order valence-corrected chi connectivity index (χ4v) is 2.30. The molecule has 2 rings (SSSR count). The number of esters is 1. The van der Waals surface area contributed by atoms with E-state index < -0.39 is 0 Å². The van der Waals surface area contributed by atoms with E-state index in [2.05, 4.69) is 5.32 Å². The van der Waals surface area contributed by atoms with E-state index in [1.54, 1.807) is 26.8 Å². The minimum atomic E-state index is -0.372. The van der Waals surface area contributed by atoms with Gasteiger partial charge in [0.25, 0.3) is 0 Å². The van der Waals surface area contributed by atoms with Gasteiger partial charge in [-0.2, -0.15) is 0 Å². The summed E-state index contributed by atoms with van der Waals surface area (Å²) in [6, 6.07) is 11.1. The third-order valence-corrected chi connectivity index (χ3v) is 3.28. The number of benzene rings is 2. The number of ether oxygens (including phenoxy) is 1. The van der Waals surface area contributed by atoms with E-state index in [-0.39, 0.29) is 11.7 Å². The molecule has 2 aromatic carbocycles. The smallest absolute Gasteiger partial charge is 0.338 e. The third kappa shape index (κ3) is 3.16. The number of para-hydroxylation sites is 1. The SMILES string of the molecule is CCOC(=O)c1c(C)cc(O)c(Nc2ccccc2)c1C. The quantitative estimate of drug-likeness (QED) is 0.660. The first-order chi connectivity index (χ1) is 10.0. The predicted octanol–water partition coefficient (Wildman–Crippen LogP) is 3.93.